The van der Waals surface area contributed by atoms with Gasteiger partial charge in [0, 0.05) is 4.88 Å². The molecule has 8 heteroatoms. The smallest absolute Gasteiger partial charge is 0.324 e. The highest BCUT2D eigenvalue weighted by atomic mass is 32.1. The van der Waals surface area contributed by atoms with E-state index in [1.54, 1.807) is 26.0 Å². The average molecular weight is 282 g/mol. The predicted molar refractivity (Wildman–Crippen MR) is 69.1 cm³/mol. The zero-order valence-corrected chi connectivity index (χ0v) is 11.3. The third-order valence-corrected chi connectivity index (χ3v) is 3.84. The lowest BCUT2D eigenvalue weighted by Gasteiger charge is -2.15. The van der Waals surface area contributed by atoms with Gasteiger partial charge in [-0.3, -0.25) is 19.9 Å². The summed E-state index contributed by atoms with van der Waals surface area (Å²) in [5.74, 6) is 4.36. The third-order valence-electron chi connectivity index (χ3n) is 2.77. The maximum atomic E-state index is 12.0. The van der Waals surface area contributed by atoms with Crippen LogP contribution < -0.4 is 16.6 Å². The number of nitrogens with two attached hydrogens (primary N) is 1. The van der Waals surface area contributed by atoms with Crippen LogP contribution in [0.4, 0.5) is 4.79 Å². The summed E-state index contributed by atoms with van der Waals surface area (Å²) in [7, 11) is 0. The fraction of sp³-hybridized carbons (Fsp3) is 0.364. The Hall–Kier alpha value is -1.93. The lowest BCUT2D eigenvalue weighted by Crippen LogP contribution is -2.40. The van der Waals surface area contributed by atoms with Crippen molar-refractivity contribution in [2.24, 2.45) is 5.84 Å². The van der Waals surface area contributed by atoms with Gasteiger partial charge in [-0.15, -0.1) is 11.3 Å². The topological polar surface area (TPSA) is 105 Å². The zero-order valence-electron chi connectivity index (χ0n) is 10.5. The summed E-state index contributed by atoms with van der Waals surface area (Å²) in [5, 5.41) is 2.60. The van der Waals surface area contributed by atoms with Crippen LogP contribution in [-0.4, -0.2) is 28.3 Å². The minimum atomic E-state index is -0.883. The molecule has 102 valence electrons. The number of hydrogen-bond donors (Lipinski definition) is 3. The molecule has 0 aliphatic carbocycles. The Labute approximate surface area is 113 Å². The van der Waals surface area contributed by atoms with Gasteiger partial charge in [-0.1, -0.05) is 0 Å². The van der Waals surface area contributed by atoms with Crippen LogP contribution in [0.3, 0.4) is 0 Å². The number of carbonyl (C=O) groups is 3. The molecule has 1 aliphatic heterocycles. The highest BCUT2D eigenvalue weighted by molar-refractivity contribution is 7.14. The molecule has 0 atom stereocenters. The Morgan fingerprint density at radius 1 is 1.47 bits per heavy atom. The van der Waals surface area contributed by atoms with E-state index in [2.05, 4.69) is 5.32 Å². The molecule has 1 saturated heterocycles. The largest absolute Gasteiger partial charge is 0.325 e. The molecule has 0 unspecified atom stereocenters. The molecule has 1 aromatic rings. The standard InChI is InChI=1S/C11H14N4O3S/c1-11(2)9(17)15(10(18)13-11)5-6-3-4-7(19-6)8(16)14-12/h3-4H,5,12H2,1-2H3,(H,13,18)(H,14,16). The number of hydrogen-bond acceptors (Lipinski definition) is 5. The lowest BCUT2D eigenvalue weighted by molar-refractivity contribution is -0.130. The van der Waals surface area contributed by atoms with Crippen molar-refractivity contribution in [2.45, 2.75) is 25.9 Å². The van der Waals surface area contributed by atoms with Gasteiger partial charge in [-0.05, 0) is 26.0 Å². The number of amides is 4. The lowest BCUT2D eigenvalue weighted by atomic mass is 10.1. The first kappa shape index (κ1) is 13.5. The minimum absolute atomic E-state index is 0.149. The number of nitrogen functional groups attached to an aromatic ring is 1. The minimum Gasteiger partial charge on any atom is -0.324 e. The molecule has 0 aromatic carbocycles. The van der Waals surface area contributed by atoms with Gasteiger partial charge in [-0.25, -0.2) is 10.6 Å². The van der Waals surface area contributed by atoms with Gasteiger partial charge in [0.15, 0.2) is 0 Å². The van der Waals surface area contributed by atoms with E-state index in [0.717, 1.165) is 9.78 Å². The number of nitrogens with one attached hydrogen (secondary N) is 2. The maximum absolute atomic E-state index is 12.0. The molecule has 0 spiro atoms. The van der Waals surface area contributed by atoms with Crippen molar-refractivity contribution in [3.05, 3.63) is 21.9 Å². The van der Waals surface area contributed by atoms with E-state index >= 15 is 0 Å². The Balaban J connectivity index is 2.14. The molecule has 2 rings (SSSR count). The summed E-state index contributed by atoms with van der Waals surface area (Å²) < 4.78 is 0. The van der Waals surface area contributed by atoms with Crippen LogP contribution in [0.15, 0.2) is 12.1 Å². The van der Waals surface area contributed by atoms with Gasteiger partial charge in [0.2, 0.25) is 0 Å². The van der Waals surface area contributed by atoms with Gasteiger partial charge < -0.3 is 5.32 Å². The van der Waals surface area contributed by atoms with E-state index in [1.807, 2.05) is 5.43 Å². The second-order valence-corrected chi connectivity index (χ2v) is 5.85. The number of urea groups is 1. The van der Waals surface area contributed by atoms with Crippen LogP contribution >= 0.6 is 11.3 Å². The zero-order chi connectivity index (χ0) is 14.2. The molecule has 7 nitrogen and oxygen atoms in total. The van der Waals surface area contributed by atoms with Gasteiger partial charge >= 0.3 is 6.03 Å². The monoisotopic (exact) mass is 282 g/mol. The average Bonchev–Trinajstić information content (AvgIpc) is 2.88. The first-order valence-electron chi connectivity index (χ1n) is 5.59. The number of carbonyl (C=O) groups excluding carboxylic acids is 3. The van der Waals surface area contributed by atoms with Gasteiger partial charge in [0.05, 0.1) is 11.4 Å². The van der Waals surface area contributed by atoms with Crippen LogP contribution in [0.25, 0.3) is 0 Å². The maximum Gasteiger partial charge on any atom is 0.325 e. The van der Waals surface area contributed by atoms with Gasteiger partial charge in [0.25, 0.3) is 11.8 Å². The number of rotatable bonds is 3. The molecular weight excluding hydrogens is 268 g/mol. The molecule has 0 saturated carbocycles. The van der Waals surface area contributed by atoms with Crippen LogP contribution in [-0.2, 0) is 11.3 Å². The number of nitrogens with zero attached hydrogens (tertiary/aromatic N) is 1. The quantitative estimate of drug-likeness (QED) is 0.318. The molecule has 0 bridgehead atoms. The van der Waals surface area contributed by atoms with E-state index in [1.165, 1.54) is 11.3 Å². The molecular formula is C11H14N4O3S. The molecule has 4 N–H and O–H groups in total. The molecule has 1 aliphatic rings. The van der Waals surface area contributed by atoms with Crippen molar-refractivity contribution in [1.29, 1.82) is 0 Å². The number of imide groups is 1. The highest BCUT2D eigenvalue weighted by Gasteiger charge is 2.44. The van der Waals surface area contributed by atoms with E-state index < -0.39 is 17.5 Å². The van der Waals surface area contributed by atoms with Crippen LogP contribution in [0.5, 0.6) is 0 Å². The summed E-state index contributed by atoms with van der Waals surface area (Å²) >= 11 is 1.19. The normalized spacial score (nSPS) is 17.5. The third kappa shape index (κ3) is 2.45. The number of thiophene rings is 1. The fourth-order valence-electron chi connectivity index (χ4n) is 1.77. The van der Waals surface area contributed by atoms with E-state index in [9.17, 15) is 14.4 Å². The molecule has 1 aromatic heterocycles. The van der Waals surface area contributed by atoms with Crippen LogP contribution in [0.1, 0.15) is 28.4 Å². The van der Waals surface area contributed by atoms with Crippen molar-refractivity contribution in [1.82, 2.24) is 15.6 Å². The molecule has 2 heterocycles. The Kier molecular flexibility index (Phi) is 3.29. The predicted octanol–water partition coefficient (Wildman–Crippen LogP) is 0.182. The van der Waals surface area contributed by atoms with Crippen molar-refractivity contribution >= 4 is 29.2 Å². The Morgan fingerprint density at radius 2 is 2.16 bits per heavy atom. The van der Waals surface area contributed by atoms with Gasteiger partial charge in [-0.2, -0.15) is 0 Å². The second kappa shape index (κ2) is 4.63. The Morgan fingerprint density at radius 3 is 2.68 bits per heavy atom. The van der Waals surface area contributed by atoms with E-state index in [0.29, 0.717) is 4.88 Å². The second-order valence-electron chi connectivity index (χ2n) is 4.69. The molecule has 19 heavy (non-hydrogen) atoms. The van der Waals surface area contributed by atoms with Crippen LogP contribution in [0, 0.1) is 0 Å². The van der Waals surface area contributed by atoms with Gasteiger partial charge in [0.1, 0.15) is 5.54 Å². The highest BCUT2D eigenvalue weighted by Crippen LogP contribution is 2.23. The number of hydrazine groups is 1. The van der Waals surface area contributed by atoms with Crippen LogP contribution in [0.2, 0.25) is 0 Å². The van der Waals surface area contributed by atoms with Crippen molar-refractivity contribution in [2.75, 3.05) is 0 Å². The van der Waals surface area contributed by atoms with Crippen molar-refractivity contribution in [3.8, 4) is 0 Å². The first-order valence-corrected chi connectivity index (χ1v) is 6.40. The summed E-state index contributed by atoms with van der Waals surface area (Å²) in [5.41, 5.74) is 1.15. The SMILES string of the molecule is CC1(C)NC(=O)N(Cc2ccc(C(=O)NN)s2)C1=O. The summed E-state index contributed by atoms with van der Waals surface area (Å²) in [4.78, 5) is 37.3. The molecule has 4 amide bonds. The van der Waals surface area contributed by atoms with E-state index in [-0.39, 0.29) is 12.5 Å². The molecule has 1 fully saturated rings. The van der Waals surface area contributed by atoms with Crippen molar-refractivity contribution in [3.63, 3.8) is 0 Å². The van der Waals surface area contributed by atoms with Crippen molar-refractivity contribution < 1.29 is 14.4 Å². The Bertz CT molecular complexity index is 552. The summed E-state index contributed by atoms with van der Waals surface area (Å²) in [6.07, 6.45) is 0. The van der Waals surface area contributed by atoms with E-state index in [4.69, 9.17) is 5.84 Å². The molecule has 0 radical (unpaired) electrons. The first-order chi connectivity index (χ1) is 8.85. The summed E-state index contributed by atoms with van der Waals surface area (Å²) in [6.45, 7) is 3.44. The summed E-state index contributed by atoms with van der Waals surface area (Å²) in [6, 6.07) is 2.88. The fourth-order valence-corrected chi connectivity index (χ4v) is 2.67.